The summed E-state index contributed by atoms with van der Waals surface area (Å²) in [7, 11) is 3.39. The van der Waals surface area contributed by atoms with E-state index < -0.39 is 0 Å². The maximum absolute atomic E-state index is 13.1. The van der Waals surface area contributed by atoms with Crippen molar-refractivity contribution in [2.45, 2.75) is 64.3 Å². The van der Waals surface area contributed by atoms with Crippen LogP contribution >= 0.6 is 0 Å². The number of rotatable bonds is 8. The van der Waals surface area contributed by atoms with Crippen molar-refractivity contribution in [2.75, 3.05) is 33.9 Å². The van der Waals surface area contributed by atoms with E-state index in [1.807, 2.05) is 0 Å². The van der Waals surface area contributed by atoms with Gasteiger partial charge < -0.3 is 14.8 Å². The third-order valence-corrected chi connectivity index (χ3v) is 8.50. The molecule has 4 bridgehead atoms. The predicted octanol–water partition coefficient (Wildman–Crippen LogP) is 4.17. The van der Waals surface area contributed by atoms with Crippen LogP contribution in [-0.4, -0.2) is 44.7 Å². The number of carbonyl (C=O) groups excluding carboxylic acids is 1. The number of methoxy groups -OCH3 is 2. The highest BCUT2D eigenvalue weighted by Gasteiger charge is 2.54. The molecule has 5 heteroatoms. The normalized spacial score (nSPS) is 31.4. The zero-order valence-corrected chi connectivity index (χ0v) is 19.3. The smallest absolute Gasteiger partial charge is 0.226 e. The molecule has 1 aromatic rings. The molecule has 0 unspecified atom stereocenters. The fourth-order valence-electron chi connectivity index (χ4n) is 7.37. The summed E-state index contributed by atoms with van der Waals surface area (Å²) in [5.74, 6) is 4.51. The van der Waals surface area contributed by atoms with Crippen LogP contribution in [0.3, 0.4) is 0 Å². The molecule has 4 aliphatic carbocycles. The summed E-state index contributed by atoms with van der Waals surface area (Å²) in [6, 6.07) is 4.26. The van der Waals surface area contributed by atoms with Crippen molar-refractivity contribution in [3.63, 3.8) is 0 Å². The number of unbranched alkanes of at least 4 members (excludes halogenated alkanes) is 1. The van der Waals surface area contributed by atoms with E-state index in [1.165, 1.54) is 30.4 Å². The first-order valence-electron chi connectivity index (χ1n) is 12.3. The summed E-state index contributed by atoms with van der Waals surface area (Å²) < 4.78 is 10.9. The number of carbonyl (C=O) groups is 1. The van der Waals surface area contributed by atoms with Gasteiger partial charge in [0, 0.05) is 25.0 Å². The van der Waals surface area contributed by atoms with Gasteiger partial charge in [-0.3, -0.25) is 9.69 Å². The standard InChI is InChI=1S/C26H38N2O3/c1-30-23-12-21-5-8-28(17-22(21)13-24(23)31-2)7-4-3-6-27-25(29)26-14-18-9-19(15-26)11-20(10-18)16-26/h12-13,18-20H,3-11,14-17H2,1-2H3,(H,27,29). The Morgan fingerprint density at radius 2 is 1.61 bits per heavy atom. The van der Waals surface area contributed by atoms with Crippen LogP contribution in [-0.2, 0) is 17.8 Å². The molecule has 1 aromatic carbocycles. The summed E-state index contributed by atoms with van der Waals surface area (Å²) in [6.07, 6.45) is 10.9. The Balaban J connectivity index is 1.06. The monoisotopic (exact) mass is 426 g/mol. The Morgan fingerprint density at radius 3 is 2.23 bits per heavy atom. The Hall–Kier alpha value is -1.75. The molecular weight excluding hydrogens is 388 g/mol. The van der Waals surface area contributed by atoms with Crippen LogP contribution in [0, 0.1) is 23.2 Å². The van der Waals surface area contributed by atoms with E-state index in [2.05, 4.69) is 22.3 Å². The van der Waals surface area contributed by atoms with Crippen molar-refractivity contribution in [1.29, 1.82) is 0 Å². The molecule has 0 radical (unpaired) electrons. The van der Waals surface area contributed by atoms with Gasteiger partial charge in [-0.2, -0.15) is 0 Å². The minimum Gasteiger partial charge on any atom is -0.493 e. The molecule has 0 atom stereocenters. The number of ether oxygens (including phenoxy) is 2. The van der Waals surface area contributed by atoms with Crippen LogP contribution in [0.1, 0.15) is 62.5 Å². The molecular formula is C26H38N2O3. The first kappa shape index (κ1) is 21.1. The van der Waals surface area contributed by atoms with Gasteiger partial charge in [-0.25, -0.2) is 0 Å². The molecule has 5 aliphatic rings. The molecule has 31 heavy (non-hydrogen) atoms. The Kier molecular flexibility index (Phi) is 5.89. The van der Waals surface area contributed by atoms with Crippen molar-refractivity contribution in [1.82, 2.24) is 10.2 Å². The summed E-state index contributed by atoms with van der Waals surface area (Å²) in [4.78, 5) is 15.6. The third-order valence-electron chi connectivity index (χ3n) is 8.50. The summed E-state index contributed by atoms with van der Waals surface area (Å²) >= 11 is 0. The average molecular weight is 427 g/mol. The molecule has 0 aromatic heterocycles. The first-order chi connectivity index (χ1) is 15.1. The highest BCUT2D eigenvalue weighted by Crippen LogP contribution is 2.60. The van der Waals surface area contributed by atoms with Crippen LogP contribution in [0.4, 0.5) is 0 Å². The van der Waals surface area contributed by atoms with Gasteiger partial charge in [-0.15, -0.1) is 0 Å². The van der Waals surface area contributed by atoms with Crippen molar-refractivity contribution >= 4 is 5.91 Å². The van der Waals surface area contributed by atoms with E-state index >= 15 is 0 Å². The molecule has 1 aliphatic heterocycles. The van der Waals surface area contributed by atoms with E-state index in [0.29, 0.717) is 5.91 Å². The number of benzene rings is 1. The lowest BCUT2D eigenvalue weighted by Crippen LogP contribution is -2.53. The van der Waals surface area contributed by atoms with Crippen molar-refractivity contribution < 1.29 is 14.3 Å². The van der Waals surface area contributed by atoms with E-state index in [1.54, 1.807) is 14.2 Å². The van der Waals surface area contributed by atoms with Crippen LogP contribution in [0.2, 0.25) is 0 Å². The molecule has 4 fully saturated rings. The Bertz CT molecular complexity index is 786. The van der Waals surface area contributed by atoms with Crippen molar-refractivity contribution in [2.24, 2.45) is 23.2 Å². The Labute approximate surface area is 186 Å². The highest BCUT2D eigenvalue weighted by atomic mass is 16.5. The van der Waals surface area contributed by atoms with Gasteiger partial charge in [-0.1, -0.05) is 0 Å². The lowest BCUT2D eigenvalue weighted by atomic mass is 9.49. The van der Waals surface area contributed by atoms with Gasteiger partial charge in [0.15, 0.2) is 11.5 Å². The van der Waals surface area contributed by atoms with Crippen LogP contribution in [0.5, 0.6) is 11.5 Å². The predicted molar refractivity (Wildman–Crippen MR) is 121 cm³/mol. The lowest BCUT2D eigenvalue weighted by molar-refractivity contribution is -0.146. The van der Waals surface area contributed by atoms with Gasteiger partial charge in [0.25, 0.3) is 0 Å². The second-order valence-electron chi connectivity index (χ2n) is 10.7. The van der Waals surface area contributed by atoms with Gasteiger partial charge in [-0.05, 0) is 105 Å². The fourth-order valence-corrected chi connectivity index (χ4v) is 7.37. The van der Waals surface area contributed by atoms with Crippen LogP contribution < -0.4 is 14.8 Å². The third kappa shape index (κ3) is 4.18. The van der Waals surface area contributed by atoms with Crippen LogP contribution in [0.15, 0.2) is 12.1 Å². The summed E-state index contributed by atoms with van der Waals surface area (Å²) in [5, 5.41) is 3.33. The fraction of sp³-hybridized carbons (Fsp3) is 0.731. The molecule has 170 valence electrons. The highest BCUT2D eigenvalue weighted by molar-refractivity contribution is 5.83. The van der Waals surface area contributed by atoms with Crippen molar-refractivity contribution in [3.05, 3.63) is 23.3 Å². The largest absolute Gasteiger partial charge is 0.493 e. The maximum atomic E-state index is 13.1. The molecule has 1 amide bonds. The van der Waals surface area contributed by atoms with Gasteiger partial charge in [0.1, 0.15) is 0 Å². The molecule has 6 rings (SSSR count). The van der Waals surface area contributed by atoms with Gasteiger partial charge in [0.05, 0.1) is 14.2 Å². The molecule has 1 heterocycles. The number of hydrogen-bond donors (Lipinski definition) is 1. The minimum atomic E-state index is -0.00849. The van der Waals surface area contributed by atoms with Gasteiger partial charge in [0.2, 0.25) is 5.91 Å². The second-order valence-corrected chi connectivity index (χ2v) is 10.7. The second kappa shape index (κ2) is 8.65. The molecule has 1 N–H and O–H groups in total. The molecule has 0 spiro atoms. The number of hydrogen-bond acceptors (Lipinski definition) is 4. The van der Waals surface area contributed by atoms with E-state index in [0.717, 1.165) is 94.0 Å². The maximum Gasteiger partial charge on any atom is 0.226 e. The molecule has 0 saturated heterocycles. The average Bonchev–Trinajstić information content (AvgIpc) is 2.76. The van der Waals surface area contributed by atoms with E-state index in [4.69, 9.17) is 9.47 Å². The number of fused-ring (bicyclic) bond motifs is 1. The molecule has 4 saturated carbocycles. The first-order valence-corrected chi connectivity index (χ1v) is 12.3. The van der Waals surface area contributed by atoms with E-state index in [9.17, 15) is 4.79 Å². The molecule has 5 nitrogen and oxygen atoms in total. The van der Waals surface area contributed by atoms with E-state index in [-0.39, 0.29) is 5.41 Å². The quantitative estimate of drug-likeness (QED) is 0.634. The van der Waals surface area contributed by atoms with Crippen molar-refractivity contribution in [3.8, 4) is 11.5 Å². The summed E-state index contributed by atoms with van der Waals surface area (Å²) in [5.41, 5.74) is 2.71. The number of amides is 1. The number of nitrogens with one attached hydrogen (secondary N) is 1. The zero-order chi connectivity index (χ0) is 21.4. The lowest BCUT2D eigenvalue weighted by Gasteiger charge is -2.55. The Morgan fingerprint density at radius 1 is 1.00 bits per heavy atom. The zero-order valence-electron chi connectivity index (χ0n) is 19.3. The topological polar surface area (TPSA) is 50.8 Å². The van der Waals surface area contributed by atoms with Crippen LogP contribution in [0.25, 0.3) is 0 Å². The SMILES string of the molecule is COc1cc2c(cc1OC)CN(CCCCNC(=O)C13CC4CC(CC(C4)C1)C3)CC2. The number of nitrogens with zero attached hydrogens (tertiary/aromatic N) is 1. The summed E-state index contributed by atoms with van der Waals surface area (Å²) in [6.45, 7) is 3.97. The van der Waals surface area contributed by atoms with Gasteiger partial charge >= 0.3 is 0 Å². The minimum absolute atomic E-state index is 0.00849.